The highest BCUT2D eigenvalue weighted by molar-refractivity contribution is 6.17. The third kappa shape index (κ3) is 4.21. The molecule has 0 saturated heterocycles. The number of benzene rings is 1. The van der Waals surface area contributed by atoms with Crippen LogP contribution in [0.15, 0.2) is 29.1 Å². The maximum Gasteiger partial charge on any atom is 0.261 e. The first-order chi connectivity index (χ1) is 12.0. The Labute approximate surface area is 153 Å². The summed E-state index contributed by atoms with van der Waals surface area (Å²) in [6.07, 6.45) is 1.88. The van der Waals surface area contributed by atoms with Gasteiger partial charge in [0.2, 0.25) is 5.91 Å². The van der Waals surface area contributed by atoms with E-state index < -0.39 is 0 Å². The Morgan fingerprint density at radius 1 is 1.32 bits per heavy atom. The number of hydrogen-bond acceptors (Lipinski definition) is 3. The molecule has 25 heavy (non-hydrogen) atoms. The predicted octanol–water partition coefficient (Wildman–Crippen LogP) is 3.74. The number of halogens is 1. The van der Waals surface area contributed by atoms with Gasteiger partial charge in [-0.15, -0.1) is 11.6 Å². The number of nitrogens with zero attached hydrogens (tertiary/aromatic N) is 3. The fourth-order valence-electron chi connectivity index (χ4n) is 3.11. The maximum absolute atomic E-state index is 12.9. The van der Waals surface area contributed by atoms with Crippen molar-refractivity contribution in [2.75, 3.05) is 12.4 Å². The Morgan fingerprint density at radius 3 is 2.68 bits per heavy atom. The van der Waals surface area contributed by atoms with E-state index in [4.69, 9.17) is 16.6 Å². The minimum absolute atomic E-state index is 0.0427. The van der Waals surface area contributed by atoms with Crippen molar-refractivity contribution in [1.82, 2.24) is 14.5 Å². The molecule has 1 amide bonds. The van der Waals surface area contributed by atoms with E-state index in [1.807, 2.05) is 39.0 Å². The molecule has 1 aromatic heterocycles. The molecule has 0 aliphatic heterocycles. The summed E-state index contributed by atoms with van der Waals surface area (Å²) in [5.74, 6) is 1.15. The van der Waals surface area contributed by atoms with Crippen LogP contribution in [0.25, 0.3) is 10.9 Å². The topological polar surface area (TPSA) is 55.2 Å². The number of alkyl halides is 1. The lowest BCUT2D eigenvalue weighted by Crippen LogP contribution is -2.37. The minimum atomic E-state index is -0.267. The number of carbonyl (C=O) groups excluding carboxylic acids is 1. The number of fused-ring (bicyclic) bond motifs is 1. The van der Waals surface area contributed by atoms with Gasteiger partial charge in [0.25, 0.3) is 5.56 Å². The second-order valence-electron chi connectivity index (χ2n) is 6.09. The van der Waals surface area contributed by atoms with Gasteiger partial charge >= 0.3 is 0 Å². The van der Waals surface area contributed by atoms with E-state index in [0.717, 1.165) is 6.42 Å². The Hall–Kier alpha value is -1.88. The highest BCUT2D eigenvalue weighted by Crippen LogP contribution is 2.21. The van der Waals surface area contributed by atoms with Gasteiger partial charge in [-0.1, -0.05) is 19.1 Å². The maximum atomic E-state index is 12.9. The van der Waals surface area contributed by atoms with Crippen LogP contribution in [-0.2, 0) is 11.3 Å². The highest BCUT2D eigenvalue weighted by Gasteiger charge is 2.24. The third-order valence-corrected chi connectivity index (χ3v) is 4.63. The Bertz CT molecular complexity index is 788. The Morgan fingerprint density at radius 2 is 2.04 bits per heavy atom. The van der Waals surface area contributed by atoms with Crippen molar-refractivity contribution >= 4 is 28.4 Å². The van der Waals surface area contributed by atoms with E-state index in [9.17, 15) is 9.59 Å². The molecule has 6 heteroatoms. The van der Waals surface area contributed by atoms with Crippen LogP contribution in [0.1, 0.15) is 51.9 Å². The molecule has 0 aliphatic rings. The summed E-state index contributed by atoms with van der Waals surface area (Å²) in [7, 11) is 0. The Balaban J connectivity index is 2.51. The SMILES string of the molecule is CCCn1c(C(C)N(CC)C(=O)CCCCl)nc2ccccc2c1=O. The smallest absolute Gasteiger partial charge is 0.261 e. The summed E-state index contributed by atoms with van der Waals surface area (Å²) in [5.41, 5.74) is 0.629. The molecule has 0 spiro atoms. The molecule has 0 bridgehead atoms. The molecular formula is C19H26ClN3O2. The highest BCUT2D eigenvalue weighted by atomic mass is 35.5. The van der Waals surface area contributed by atoms with Crippen LogP contribution in [-0.4, -0.2) is 32.8 Å². The standard InChI is InChI=1S/C19H26ClN3O2/c1-4-13-23-18(14(3)22(5-2)17(24)11-8-12-20)21-16-10-7-6-9-15(16)19(23)25/h6-7,9-10,14H,4-5,8,11-13H2,1-3H3. The van der Waals surface area contributed by atoms with Crippen molar-refractivity contribution in [3.8, 4) is 0 Å². The second kappa shape index (κ2) is 8.99. The van der Waals surface area contributed by atoms with E-state index in [0.29, 0.717) is 48.5 Å². The molecule has 5 nitrogen and oxygen atoms in total. The van der Waals surface area contributed by atoms with Crippen molar-refractivity contribution < 1.29 is 4.79 Å². The van der Waals surface area contributed by atoms with Crippen molar-refractivity contribution in [1.29, 1.82) is 0 Å². The van der Waals surface area contributed by atoms with Gasteiger partial charge < -0.3 is 4.90 Å². The fourth-order valence-corrected chi connectivity index (χ4v) is 3.24. The molecule has 1 atom stereocenters. The Kier molecular flexibility index (Phi) is 7.00. The number of hydrogen-bond donors (Lipinski definition) is 0. The summed E-state index contributed by atoms with van der Waals surface area (Å²) < 4.78 is 1.71. The second-order valence-corrected chi connectivity index (χ2v) is 6.47. The number of rotatable bonds is 8. The van der Waals surface area contributed by atoms with Gasteiger partial charge in [-0.2, -0.15) is 0 Å². The van der Waals surface area contributed by atoms with E-state index in [1.54, 1.807) is 15.5 Å². The van der Waals surface area contributed by atoms with Crippen molar-refractivity contribution in [2.24, 2.45) is 0 Å². The number of aromatic nitrogens is 2. The largest absolute Gasteiger partial charge is 0.333 e. The normalized spacial score (nSPS) is 12.3. The first-order valence-corrected chi connectivity index (χ1v) is 9.43. The van der Waals surface area contributed by atoms with Crippen LogP contribution < -0.4 is 5.56 Å². The first kappa shape index (κ1) is 19.4. The van der Waals surface area contributed by atoms with E-state index in [2.05, 4.69) is 0 Å². The van der Waals surface area contributed by atoms with Gasteiger partial charge in [0.1, 0.15) is 5.82 Å². The molecule has 1 heterocycles. The van der Waals surface area contributed by atoms with Crippen LogP contribution >= 0.6 is 11.6 Å². The summed E-state index contributed by atoms with van der Waals surface area (Å²) in [6.45, 7) is 7.06. The molecule has 0 aliphatic carbocycles. The first-order valence-electron chi connectivity index (χ1n) is 8.90. The minimum Gasteiger partial charge on any atom is -0.333 e. The van der Waals surface area contributed by atoms with Crippen LogP contribution in [0.2, 0.25) is 0 Å². The van der Waals surface area contributed by atoms with Crippen molar-refractivity contribution in [3.63, 3.8) is 0 Å². The quantitative estimate of drug-likeness (QED) is 0.671. The van der Waals surface area contributed by atoms with Gasteiger partial charge in [-0.3, -0.25) is 14.2 Å². The lowest BCUT2D eigenvalue weighted by molar-refractivity contribution is -0.133. The molecule has 1 unspecified atom stereocenters. The average molecular weight is 364 g/mol. The molecular weight excluding hydrogens is 338 g/mol. The lowest BCUT2D eigenvalue weighted by atomic mass is 10.1. The predicted molar refractivity (Wildman–Crippen MR) is 102 cm³/mol. The van der Waals surface area contributed by atoms with Gasteiger partial charge in [0, 0.05) is 25.4 Å². The lowest BCUT2D eigenvalue weighted by Gasteiger charge is -2.29. The average Bonchev–Trinajstić information content (AvgIpc) is 2.62. The molecule has 0 radical (unpaired) electrons. The number of carbonyl (C=O) groups is 1. The van der Waals surface area contributed by atoms with Crippen LogP contribution in [0.5, 0.6) is 0 Å². The summed E-state index contributed by atoms with van der Waals surface area (Å²) >= 11 is 5.71. The monoisotopic (exact) mass is 363 g/mol. The third-order valence-electron chi connectivity index (χ3n) is 4.36. The summed E-state index contributed by atoms with van der Waals surface area (Å²) in [4.78, 5) is 31.9. The van der Waals surface area contributed by atoms with Gasteiger partial charge in [-0.25, -0.2) is 4.98 Å². The van der Waals surface area contributed by atoms with E-state index in [1.165, 1.54) is 0 Å². The molecule has 0 N–H and O–H groups in total. The van der Waals surface area contributed by atoms with Crippen LogP contribution in [0, 0.1) is 0 Å². The zero-order valence-corrected chi connectivity index (χ0v) is 15.9. The molecule has 136 valence electrons. The van der Waals surface area contributed by atoms with Crippen LogP contribution in [0.3, 0.4) is 0 Å². The molecule has 0 saturated carbocycles. The van der Waals surface area contributed by atoms with E-state index in [-0.39, 0.29) is 17.5 Å². The molecule has 0 fully saturated rings. The molecule has 1 aromatic carbocycles. The number of amides is 1. The van der Waals surface area contributed by atoms with Gasteiger partial charge in [-0.05, 0) is 38.8 Å². The molecule has 2 aromatic rings. The van der Waals surface area contributed by atoms with Crippen molar-refractivity contribution in [3.05, 3.63) is 40.4 Å². The zero-order chi connectivity index (χ0) is 18.4. The van der Waals surface area contributed by atoms with Crippen molar-refractivity contribution in [2.45, 2.75) is 52.6 Å². The number of para-hydroxylation sites is 1. The van der Waals surface area contributed by atoms with Gasteiger partial charge in [0.15, 0.2) is 0 Å². The van der Waals surface area contributed by atoms with Gasteiger partial charge in [0.05, 0.1) is 16.9 Å². The van der Waals surface area contributed by atoms with E-state index >= 15 is 0 Å². The summed E-state index contributed by atoms with van der Waals surface area (Å²) in [6, 6.07) is 7.09. The fraction of sp³-hybridized carbons (Fsp3) is 0.526. The van der Waals surface area contributed by atoms with Crippen LogP contribution in [0.4, 0.5) is 0 Å². The molecule has 2 rings (SSSR count). The summed E-state index contributed by atoms with van der Waals surface area (Å²) in [5, 5.41) is 0.614. The zero-order valence-electron chi connectivity index (χ0n) is 15.2.